The first-order valence-corrected chi connectivity index (χ1v) is 6.91. The predicted octanol–water partition coefficient (Wildman–Crippen LogP) is -4.38. The van der Waals surface area contributed by atoms with E-state index in [1.165, 1.54) is 0 Å². The Balaban J connectivity index is 0.000000220. The highest BCUT2D eigenvalue weighted by Gasteiger charge is 2.36. The largest absolute Gasteiger partial charge is 0.394 e. The van der Waals surface area contributed by atoms with Crippen molar-refractivity contribution >= 4 is 0 Å². The molecule has 2 aliphatic rings. The Morgan fingerprint density at radius 3 is 1.23 bits per heavy atom. The molecule has 2 saturated heterocycles. The predicted molar refractivity (Wildman–Crippen MR) is 69.2 cm³/mol. The first-order valence-electron chi connectivity index (χ1n) is 6.91. The average Bonchev–Trinajstić information content (AvgIpc) is 2.47. The monoisotopic (exact) mass is 328 g/mol. The van der Waals surface area contributed by atoms with Crippen LogP contribution in [0.4, 0.5) is 0 Å². The zero-order chi connectivity index (χ0) is 16.9. The van der Waals surface area contributed by atoms with Crippen molar-refractivity contribution < 1.29 is 50.3 Å². The Morgan fingerprint density at radius 2 is 0.955 bits per heavy atom. The van der Waals surface area contributed by atoms with E-state index in [9.17, 15) is 0 Å². The summed E-state index contributed by atoms with van der Waals surface area (Å²) in [6, 6.07) is 0. The summed E-state index contributed by atoms with van der Waals surface area (Å²) in [5, 5.41) is 71.3. The van der Waals surface area contributed by atoms with Gasteiger partial charge in [0, 0.05) is 12.8 Å². The van der Waals surface area contributed by atoms with Gasteiger partial charge in [0.25, 0.3) is 0 Å². The molecule has 2 aliphatic heterocycles. The van der Waals surface area contributed by atoms with E-state index in [-0.39, 0.29) is 12.8 Å². The standard InChI is InChI=1S/2C6H12O5/c2*7-2-4-6(10)3(8)1-5(9)11-4/h2*3-10H,1-2H2/t2*3-,4-,5?,6+/m11/s1. The fourth-order valence-electron chi connectivity index (χ4n) is 2.17. The molecule has 10 nitrogen and oxygen atoms in total. The highest BCUT2D eigenvalue weighted by molar-refractivity contribution is 4.82. The van der Waals surface area contributed by atoms with Gasteiger partial charge in [-0.3, -0.25) is 0 Å². The summed E-state index contributed by atoms with van der Waals surface area (Å²) in [7, 11) is 0. The summed E-state index contributed by atoms with van der Waals surface area (Å²) in [4.78, 5) is 0. The Bertz CT molecular complexity index is 286. The fourth-order valence-corrected chi connectivity index (χ4v) is 2.17. The third-order valence-corrected chi connectivity index (χ3v) is 3.46. The Hall–Kier alpha value is -0.400. The van der Waals surface area contributed by atoms with Crippen LogP contribution in [-0.2, 0) is 9.47 Å². The first kappa shape index (κ1) is 19.6. The fraction of sp³-hybridized carbons (Fsp3) is 1.00. The number of aliphatic hydroxyl groups excluding tert-OH is 8. The van der Waals surface area contributed by atoms with Gasteiger partial charge in [0.2, 0.25) is 0 Å². The molecule has 8 N–H and O–H groups in total. The summed E-state index contributed by atoms with van der Waals surface area (Å²) in [6.07, 6.45) is -8.23. The van der Waals surface area contributed by atoms with Crippen LogP contribution in [0.3, 0.4) is 0 Å². The molecule has 2 fully saturated rings. The second-order valence-corrected chi connectivity index (χ2v) is 5.21. The van der Waals surface area contributed by atoms with Gasteiger partial charge in [0.1, 0.15) is 24.4 Å². The normalized spacial score (nSPS) is 45.8. The van der Waals surface area contributed by atoms with Gasteiger partial charge in [-0.2, -0.15) is 0 Å². The highest BCUT2D eigenvalue weighted by atomic mass is 16.6. The van der Waals surface area contributed by atoms with E-state index in [1.807, 2.05) is 0 Å². The lowest BCUT2D eigenvalue weighted by molar-refractivity contribution is -0.239. The molecule has 2 heterocycles. The van der Waals surface area contributed by atoms with Crippen LogP contribution < -0.4 is 0 Å². The third-order valence-electron chi connectivity index (χ3n) is 3.46. The summed E-state index contributed by atoms with van der Waals surface area (Å²) in [5.41, 5.74) is 0. The molecule has 0 aromatic carbocycles. The molecule has 2 rings (SSSR count). The second kappa shape index (κ2) is 9.03. The maximum Gasteiger partial charge on any atom is 0.157 e. The molecule has 0 aromatic heterocycles. The van der Waals surface area contributed by atoms with Crippen molar-refractivity contribution in [1.29, 1.82) is 0 Å². The first-order chi connectivity index (χ1) is 10.3. The minimum atomic E-state index is -1.11. The van der Waals surface area contributed by atoms with Gasteiger partial charge >= 0.3 is 0 Å². The number of hydrogen-bond donors (Lipinski definition) is 8. The van der Waals surface area contributed by atoms with E-state index in [1.54, 1.807) is 0 Å². The Morgan fingerprint density at radius 1 is 0.636 bits per heavy atom. The van der Waals surface area contributed by atoms with Crippen LogP contribution in [0.15, 0.2) is 0 Å². The number of aliphatic hydroxyl groups is 8. The van der Waals surface area contributed by atoms with E-state index < -0.39 is 62.4 Å². The van der Waals surface area contributed by atoms with Crippen LogP contribution in [0, 0.1) is 0 Å². The molecule has 0 aromatic rings. The van der Waals surface area contributed by atoms with Gasteiger partial charge in [-0.25, -0.2) is 0 Å². The SMILES string of the molecule is OC[C@H]1OC(O)C[C@@H](O)[C@@H]1O.OC[C@H]1OC(O)C[C@@H](O)[C@@H]1O. The van der Waals surface area contributed by atoms with Crippen LogP contribution >= 0.6 is 0 Å². The van der Waals surface area contributed by atoms with E-state index >= 15 is 0 Å². The lowest BCUT2D eigenvalue weighted by atomic mass is 10.0. The Labute approximate surface area is 126 Å². The van der Waals surface area contributed by atoms with Gasteiger partial charge in [-0.1, -0.05) is 0 Å². The van der Waals surface area contributed by atoms with Gasteiger partial charge in [-0.05, 0) is 0 Å². The number of rotatable bonds is 2. The molecule has 8 atom stereocenters. The molecular formula is C12H24O10. The highest BCUT2D eigenvalue weighted by Crippen LogP contribution is 2.18. The molecule has 10 heteroatoms. The third kappa shape index (κ3) is 5.35. The lowest BCUT2D eigenvalue weighted by Gasteiger charge is -2.33. The van der Waals surface area contributed by atoms with E-state index in [4.69, 9.17) is 50.3 Å². The number of hydrogen-bond acceptors (Lipinski definition) is 10. The van der Waals surface area contributed by atoms with Crippen LogP contribution in [0.1, 0.15) is 12.8 Å². The van der Waals surface area contributed by atoms with Gasteiger partial charge in [0.15, 0.2) is 12.6 Å². The smallest absolute Gasteiger partial charge is 0.157 e. The van der Waals surface area contributed by atoms with E-state index in [0.717, 1.165) is 0 Å². The van der Waals surface area contributed by atoms with Crippen molar-refractivity contribution in [1.82, 2.24) is 0 Å². The van der Waals surface area contributed by atoms with E-state index in [2.05, 4.69) is 0 Å². The summed E-state index contributed by atoms with van der Waals surface area (Å²) in [5.74, 6) is 0. The molecule has 0 saturated carbocycles. The molecular weight excluding hydrogens is 304 g/mol. The molecule has 0 spiro atoms. The van der Waals surface area contributed by atoms with E-state index in [0.29, 0.717) is 0 Å². The van der Waals surface area contributed by atoms with Crippen LogP contribution in [0.25, 0.3) is 0 Å². The summed E-state index contributed by atoms with van der Waals surface area (Å²) in [6.45, 7) is -0.815. The summed E-state index contributed by atoms with van der Waals surface area (Å²) >= 11 is 0. The molecule has 132 valence electrons. The van der Waals surface area contributed by atoms with Crippen molar-refractivity contribution in [3.63, 3.8) is 0 Å². The molecule has 0 bridgehead atoms. The molecule has 0 aliphatic carbocycles. The molecule has 0 radical (unpaired) electrons. The van der Waals surface area contributed by atoms with Gasteiger partial charge < -0.3 is 50.3 Å². The van der Waals surface area contributed by atoms with Crippen molar-refractivity contribution in [3.05, 3.63) is 0 Å². The lowest BCUT2D eigenvalue weighted by Crippen LogP contribution is -2.49. The van der Waals surface area contributed by atoms with Crippen LogP contribution in [-0.4, -0.2) is 103 Å². The van der Waals surface area contributed by atoms with Crippen molar-refractivity contribution in [2.75, 3.05) is 13.2 Å². The van der Waals surface area contributed by atoms with Crippen molar-refractivity contribution in [3.8, 4) is 0 Å². The molecule has 2 unspecified atom stereocenters. The quantitative estimate of drug-likeness (QED) is 0.246. The van der Waals surface area contributed by atoms with Gasteiger partial charge in [-0.15, -0.1) is 0 Å². The summed E-state index contributed by atoms with van der Waals surface area (Å²) < 4.78 is 9.43. The van der Waals surface area contributed by atoms with Gasteiger partial charge in [0.05, 0.1) is 25.4 Å². The maximum absolute atomic E-state index is 9.11. The maximum atomic E-state index is 9.11. The zero-order valence-corrected chi connectivity index (χ0v) is 11.8. The van der Waals surface area contributed by atoms with Crippen molar-refractivity contribution in [2.24, 2.45) is 0 Å². The van der Waals surface area contributed by atoms with Crippen LogP contribution in [0.5, 0.6) is 0 Å². The van der Waals surface area contributed by atoms with Crippen LogP contribution in [0.2, 0.25) is 0 Å². The second-order valence-electron chi connectivity index (χ2n) is 5.21. The minimum Gasteiger partial charge on any atom is -0.394 e. The zero-order valence-electron chi connectivity index (χ0n) is 11.8. The minimum absolute atomic E-state index is 0.0162. The average molecular weight is 328 g/mol. The molecule has 0 amide bonds. The van der Waals surface area contributed by atoms with Crippen molar-refractivity contribution in [2.45, 2.75) is 62.0 Å². The number of ether oxygens (including phenoxy) is 2. The topological polar surface area (TPSA) is 180 Å². The Kier molecular flexibility index (Phi) is 8.07. The molecule has 22 heavy (non-hydrogen) atoms.